The van der Waals surface area contributed by atoms with Gasteiger partial charge in [-0.15, -0.1) is 0 Å². The minimum absolute atomic E-state index is 0.0382. The average Bonchev–Trinajstić information content (AvgIpc) is 2.08. The van der Waals surface area contributed by atoms with Gasteiger partial charge in [0.15, 0.2) is 0 Å². The lowest BCUT2D eigenvalue weighted by Crippen LogP contribution is -2.17. The van der Waals surface area contributed by atoms with Gasteiger partial charge in [-0.3, -0.25) is 0 Å². The fraction of sp³-hybridized carbons (Fsp3) is 0.600. The molecule has 0 aliphatic carbocycles. The topological polar surface area (TPSA) is 12.0 Å². The van der Waals surface area contributed by atoms with E-state index in [1.807, 2.05) is 0 Å². The first kappa shape index (κ1) is 6.61. The molecule has 0 radical (unpaired) electrons. The number of rotatable bonds is 0. The van der Waals surface area contributed by atoms with Crippen molar-refractivity contribution in [2.45, 2.75) is 6.18 Å². The van der Waals surface area contributed by atoms with Crippen LogP contribution in [0.4, 0.5) is 13.2 Å². The molecule has 0 bridgehead atoms. The van der Waals surface area contributed by atoms with Crippen LogP contribution in [0.15, 0.2) is 11.6 Å². The number of hydrogen-bond donors (Lipinski definition) is 1. The van der Waals surface area contributed by atoms with E-state index in [1.54, 1.807) is 0 Å². The molecule has 0 saturated heterocycles. The third-order valence-corrected chi connectivity index (χ3v) is 1.17. The van der Waals surface area contributed by atoms with Crippen molar-refractivity contribution in [1.29, 1.82) is 0 Å². The summed E-state index contributed by atoms with van der Waals surface area (Å²) in [5.74, 6) is 0. The Labute approximate surface area is 50.6 Å². The van der Waals surface area contributed by atoms with Gasteiger partial charge in [-0.1, -0.05) is 6.08 Å². The molecular formula is C5H6F3N. The van der Waals surface area contributed by atoms with Crippen molar-refractivity contribution in [2.24, 2.45) is 0 Å². The number of nitrogens with one attached hydrogen (secondary N) is 1. The van der Waals surface area contributed by atoms with Gasteiger partial charge in [0.1, 0.15) is 0 Å². The molecule has 0 aromatic rings. The Balaban J connectivity index is 2.61. The van der Waals surface area contributed by atoms with Crippen molar-refractivity contribution in [1.82, 2.24) is 5.32 Å². The summed E-state index contributed by atoms with van der Waals surface area (Å²) >= 11 is 0. The van der Waals surface area contributed by atoms with E-state index in [2.05, 4.69) is 5.32 Å². The van der Waals surface area contributed by atoms with Crippen molar-refractivity contribution in [3.05, 3.63) is 11.6 Å². The molecule has 1 N–H and O–H groups in total. The first-order valence-electron chi connectivity index (χ1n) is 2.57. The van der Waals surface area contributed by atoms with Crippen LogP contribution < -0.4 is 5.32 Å². The van der Waals surface area contributed by atoms with E-state index < -0.39 is 11.7 Å². The lowest BCUT2D eigenvalue weighted by Gasteiger charge is -2.04. The third kappa shape index (κ3) is 1.45. The normalized spacial score (nSPS) is 20.1. The smallest absolute Gasteiger partial charge is 0.309 e. The summed E-state index contributed by atoms with van der Waals surface area (Å²) in [4.78, 5) is 0. The zero-order valence-corrected chi connectivity index (χ0v) is 4.63. The van der Waals surface area contributed by atoms with Crippen LogP contribution in [-0.4, -0.2) is 19.3 Å². The minimum Gasteiger partial charge on any atom is -0.309 e. The van der Waals surface area contributed by atoms with Gasteiger partial charge >= 0.3 is 6.18 Å². The summed E-state index contributed by atoms with van der Waals surface area (Å²) in [6, 6.07) is 0. The second kappa shape index (κ2) is 2.02. The summed E-state index contributed by atoms with van der Waals surface area (Å²) in [6.07, 6.45) is -2.95. The predicted octanol–water partition coefficient (Wildman–Crippen LogP) is 1.08. The molecule has 0 amide bonds. The van der Waals surface area contributed by atoms with E-state index >= 15 is 0 Å². The Kier molecular flexibility index (Phi) is 1.48. The lowest BCUT2D eigenvalue weighted by molar-refractivity contribution is -0.0918. The van der Waals surface area contributed by atoms with Gasteiger partial charge in [-0.05, 0) is 0 Å². The van der Waals surface area contributed by atoms with Gasteiger partial charge in [0.25, 0.3) is 0 Å². The van der Waals surface area contributed by atoms with Crippen LogP contribution in [0.2, 0.25) is 0 Å². The van der Waals surface area contributed by atoms with Crippen LogP contribution in [0.25, 0.3) is 0 Å². The van der Waals surface area contributed by atoms with Crippen molar-refractivity contribution >= 4 is 0 Å². The fourth-order valence-electron chi connectivity index (χ4n) is 0.690. The standard InChI is InChI=1S/C5H6F3N/c6-5(7,8)4-1-2-9-3-4/h1,9H,2-3H2. The molecule has 9 heavy (non-hydrogen) atoms. The third-order valence-electron chi connectivity index (χ3n) is 1.17. The number of alkyl halides is 3. The first-order chi connectivity index (χ1) is 4.11. The molecule has 1 nitrogen and oxygen atoms in total. The van der Waals surface area contributed by atoms with E-state index in [1.165, 1.54) is 6.08 Å². The molecule has 1 heterocycles. The highest BCUT2D eigenvalue weighted by Crippen LogP contribution is 2.25. The van der Waals surface area contributed by atoms with Gasteiger partial charge < -0.3 is 5.32 Å². The quantitative estimate of drug-likeness (QED) is 0.492. The van der Waals surface area contributed by atoms with Crippen LogP contribution in [0.5, 0.6) is 0 Å². The van der Waals surface area contributed by atoms with Crippen LogP contribution in [0.3, 0.4) is 0 Å². The monoisotopic (exact) mass is 137 g/mol. The molecule has 1 rings (SSSR count). The van der Waals surface area contributed by atoms with Gasteiger partial charge in [0, 0.05) is 18.7 Å². The van der Waals surface area contributed by atoms with Crippen molar-refractivity contribution in [2.75, 3.05) is 13.1 Å². The second-order valence-electron chi connectivity index (χ2n) is 1.86. The van der Waals surface area contributed by atoms with Crippen LogP contribution >= 0.6 is 0 Å². The van der Waals surface area contributed by atoms with Gasteiger partial charge in [0.2, 0.25) is 0 Å². The molecule has 4 heteroatoms. The van der Waals surface area contributed by atoms with E-state index in [0.29, 0.717) is 6.54 Å². The van der Waals surface area contributed by atoms with Crippen LogP contribution in [-0.2, 0) is 0 Å². The van der Waals surface area contributed by atoms with Gasteiger partial charge in [-0.25, -0.2) is 0 Å². The van der Waals surface area contributed by atoms with Crippen molar-refractivity contribution in [3.8, 4) is 0 Å². The number of hydrogen-bond acceptors (Lipinski definition) is 1. The maximum absolute atomic E-state index is 11.7. The maximum Gasteiger partial charge on any atom is 0.413 e. The van der Waals surface area contributed by atoms with E-state index in [-0.39, 0.29) is 6.54 Å². The average molecular weight is 137 g/mol. The second-order valence-corrected chi connectivity index (χ2v) is 1.86. The Morgan fingerprint density at radius 1 is 1.44 bits per heavy atom. The molecule has 0 saturated carbocycles. The largest absolute Gasteiger partial charge is 0.413 e. The van der Waals surface area contributed by atoms with E-state index in [9.17, 15) is 13.2 Å². The van der Waals surface area contributed by atoms with Crippen molar-refractivity contribution in [3.63, 3.8) is 0 Å². The highest BCUT2D eigenvalue weighted by atomic mass is 19.4. The summed E-state index contributed by atoms with van der Waals surface area (Å²) in [6.45, 7) is 0.304. The van der Waals surface area contributed by atoms with E-state index in [0.717, 1.165) is 0 Å². The Hall–Kier alpha value is -0.510. The highest BCUT2D eigenvalue weighted by molar-refractivity contribution is 5.15. The Bertz CT molecular complexity index is 136. The van der Waals surface area contributed by atoms with Crippen LogP contribution in [0.1, 0.15) is 0 Å². The zero-order valence-electron chi connectivity index (χ0n) is 4.63. The predicted molar refractivity (Wildman–Crippen MR) is 27.0 cm³/mol. The molecule has 0 atom stereocenters. The molecule has 0 aromatic heterocycles. The van der Waals surface area contributed by atoms with Gasteiger partial charge in [0.05, 0.1) is 0 Å². The Morgan fingerprint density at radius 2 is 2.11 bits per heavy atom. The van der Waals surface area contributed by atoms with Gasteiger partial charge in [-0.2, -0.15) is 13.2 Å². The molecule has 0 aromatic carbocycles. The molecule has 0 fully saturated rings. The minimum atomic E-state index is -4.12. The maximum atomic E-state index is 11.7. The summed E-state index contributed by atoms with van der Waals surface area (Å²) in [5.41, 5.74) is -0.456. The molecule has 0 unspecified atom stereocenters. The SMILES string of the molecule is FC(F)(F)C1=CCNC1. The fourth-order valence-corrected chi connectivity index (χ4v) is 0.690. The first-order valence-corrected chi connectivity index (χ1v) is 2.57. The zero-order chi connectivity index (χ0) is 6.91. The van der Waals surface area contributed by atoms with Crippen molar-refractivity contribution < 1.29 is 13.2 Å². The summed E-state index contributed by atoms with van der Waals surface area (Å²) in [5, 5.41) is 2.57. The number of halogens is 3. The summed E-state index contributed by atoms with van der Waals surface area (Å²) < 4.78 is 35.0. The molecule has 1 aliphatic rings. The molecular weight excluding hydrogens is 131 g/mol. The van der Waals surface area contributed by atoms with Crippen LogP contribution in [0, 0.1) is 0 Å². The molecule has 52 valence electrons. The lowest BCUT2D eigenvalue weighted by atomic mass is 10.3. The molecule has 1 aliphatic heterocycles. The van der Waals surface area contributed by atoms with E-state index in [4.69, 9.17) is 0 Å². The molecule has 0 spiro atoms. The summed E-state index contributed by atoms with van der Waals surface area (Å²) in [7, 11) is 0. The highest BCUT2D eigenvalue weighted by Gasteiger charge is 2.34. The Morgan fingerprint density at radius 3 is 2.33 bits per heavy atom.